The van der Waals surface area contributed by atoms with Gasteiger partial charge in [0.05, 0.1) is 40.1 Å². The van der Waals surface area contributed by atoms with Gasteiger partial charge in [-0.1, -0.05) is 24.8 Å². The fourth-order valence-corrected chi connectivity index (χ4v) is 5.49. The summed E-state index contributed by atoms with van der Waals surface area (Å²) in [7, 11) is 7.74. The highest BCUT2D eigenvalue weighted by Gasteiger charge is 2.18. The number of anilines is 4. The number of nitrogens with one attached hydrogen (secondary N) is 3. The molecule has 3 heterocycles. The number of fused-ring (bicyclic) bond motifs is 2. The fraction of sp³-hybridized carbons (Fsp3) is 0.233. The number of hydrogen-bond donors (Lipinski definition) is 3. The van der Waals surface area contributed by atoms with E-state index in [0.717, 1.165) is 57.6 Å². The van der Waals surface area contributed by atoms with Crippen LogP contribution in [-0.2, 0) is 11.8 Å². The van der Waals surface area contributed by atoms with Crippen molar-refractivity contribution in [2.45, 2.75) is 6.42 Å². The van der Waals surface area contributed by atoms with Crippen LogP contribution >= 0.6 is 11.3 Å². The van der Waals surface area contributed by atoms with E-state index in [1.54, 1.807) is 18.4 Å². The molecule has 5 aromatic rings. The molecule has 0 atom stereocenters. The van der Waals surface area contributed by atoms with E-state index >= 15 is 0 Å². The summed E-state index contributed by atoms with van der Waals surface area (Å²) in [5.41, 5.74) is 5.86. The highest BCUT2D eigenvalue weighted by atomic mass is 32.1. The minimum atomic E-state index is -0.304. The van der Waals surface area contributed by atoms with Crippen molar-refractivity contribution in [2.75, 3.05) is 50.2 Å². The summed E-state index contributed by atoms with van der Waals surface area (Å²) in [6.45, 7) is 5.27. The molecule has 0 radical (unpaired) electrons. The first-order valence-electron chi connectivity index (χ1n) is 13.0. The molecule has 1 amide bonds. The number of benzene rings is 2. The monoisotopic (exact) mass is 555 g/mol. The Hall–Kier alpha value is -4.41. The van der Waals surface area contributed by atoms with Crippen LogP contribution in [0.4, 0.5) is 23.0 Å². The van der Waals surface area contributed by atoms with Crippen molar-refractivity contribution in [3.8, 4) is 17.0 Å². The normalized spacial score (nSPS) is 11.2. The minimum absolute atomic E-state index is 0.304. The smallest absolute Gasteiger partial charge is 0.247 e. The van der Waals surface area contributed by atoms with E-state index < -0.39 is 0 Å². The second-order valence-corrected chi connectivity index (χ2v) is 10.6. The van der Waals surface area contributed by atoms with Gasteiger partial charge in [-0.2, -0.15) is 0 Å². The van der Waals surface area contributed by atoms with Gasteiger partial charge in [0.15, 0.2) is 0 Å². The molecule has 0 spiro atoms. The zero-order valence-electron chi connectivity index (χ0n) is 23.1. The Labute approximate surface area is 237 Å². The second-order valence-electron chi connectivity index (χ2n) is 9.70. The first-order valence-corrected chi connectivity index (χ1v) is 13.9. The number of carbonyl (C=O) groups excluding carboxylic acids is 1. The van der Waals surface area contributed by atoms with Gasteiger partial charge < -0.3 is 30.2 Å². The van der Waals surface area contributed by atoms with Gasteiger partial charge in [0.1, 0.15) is 5.75 Å². The van der Waals surface area contributed by atoms with Crippen molar-refractivity contribution in [3.63, 3.8) is 0 Å². The number of carbonyl (C=O) groups is 1. The molecule has 3 N–H and O–H groups in total. The molecule has 0 fully saturated rings. The van der Waals surface area contributed by atoms with Crippen molar-refractivity contribution in [3.05, 3.63) is 66.7 Å². The Morgan fingerprint density at radius 2 is 1.98 bits per heavy atom. The largest absolute Gasteiger partial charge is 0.494 e. The third-order valence-corrected chi connectivity index (χ3v) is 7.49. The molecule has 5 rings (SSSR count). The van der Waals surface area contributed by atoms with Crippen LogP contribution in [0.1, 0.15) is 6.42 Å². The van der Waals surface area contributed by atoms with E-state index in [1.165, 1.54) is 6.08 Å². The molecule has 0 saturated carbocycles. The van der Waals surface area contributed by atoms with Crippen LogP contribution in [0.5, 0.6) is 5.75 Å². The number of aromatic nitrogens is 3. The van der Waals surface area contributed by atoms with Crippen LogP contribution in [0.15, 0.2) is 66.7 Å². The Morgan fingerprint density at radius 3 is 2.75 bits per heavy atom. The maximum absolute atomic E-state index is 12.3. The van der Waals surface area contributed by atoms with Crippen LogP contribution in [0, 0.1) is 0 Å². The van der Waals surface area contributed by atoms with Gasteiger partial charge in [-0.15, -0.1) is 11.3 Å². The van der Waals surface area contributed by atoms with Gasteiger partial charge in [0, 0.05) is 42.3 Å². The van der Waals surface area contributed by atoms with Crippen molar-refractivity contribution < 1.29 is 9.53 Å². The fourth-order valence-electron chi connectivity index (χ4n) is 4.65. The number of rotatable bonds is 11. The summed E-state index contributed by atoms with van der Waals surface area (Å²) in [6.07, 6.45) is 4.29. The Bertz CT molecular complexity index is 1690. The van der Waals surface area contributed by atoms with Gasteiger partial charge in [-0.3, -0.25) is 4.79 Å². The number of para-hydroxylation sites is 1. The van der Waals surface area contributed by atoms with Crippen molar-refractivity contribution >= 4 is 61.4 Å². The van der Waals surface area contributed by atoms with Gasteiger partial charge in [0.25, 0.3) is 0 Å². The van der Waals surface area contributed by atoms with Crippen LogP contribution in [-0.4, -0.2) is 59.6 Å². The van der Waals surface area contributed by atoms with E-state index in [9.17, 15) is 4.79 Å². The van der Waals surface area contributed by atoms with Crippen molar-refractivity contribution in [1.29, 1.82) is 0 Å². The number of thiophene rings is 1. The van der Waals surface area contributed by atoms with Crippen LogP contribution < -0.4 is 20.7 Å². The lowest BCUT2D eigenvalue weighted by Crippen LogP contribution is -2.17. The van der Waals surface area contributed by atoms with Gasteiger partial charge in [-0.05, 0) is 56.7 Å². The molecule has 0 bridgehead atoms. The second kappa shape index (κ2) is 11.8. The highest BCUT2D eigenvalue weighted by molar-refractivity contribution is 7.17. The Morgan fingerprint density at radius 1 is 1.15 bits per heavy atom. The molecule has 0 aliphatic carbocycles. The van der Waals surface area contributed by atoms with E-state index in [-0.39, 0.29) is 5.91 Å². The Kier molecular flexibility index (Phi) is 7.99. The molecule has 206 valence electrons. The third kappa shape index (κ3) is 5.63. The van der Waals surface area contributed by atoms with Crippen LogP contribution in [0.25, 0.3) is 32.4 Å². The molecule has 0 unspecified atom stereocenters. The summed E-state index contributed by atoms with van der Waals surface area (Å²) in [5.74, 6) is 0.717. The van der Waals surface area contributed by atoms with Gasteiger partial charge in [-0.25, -0.2) is 9.97 Å². The summed E-state index contributed by atoms with van der Waals surface area (Å²) >= 11 is 1.62. The summed E-state index contributed by atoms with van der Waals surface area (Å²) in [5, 5.41) is 12.8. The maximum atomic E-state index is 12.3. The number of amides is 1. The summed E-state index contributed by atoms with van der Waals surface area (Å²) < 4.78 is 8.87. The molecule has 0 aliphatic heterocycles. The van der Waals surface area contributed by atoms with Crippen LogP contribution in [0.2, 0.25) is 0 Å². The van der Waals surface area contributed by atoms with Crippen LogP contribution in [0.3, 0.4) is 0 Å². The number of nitrogens with zero attached hydrogens (tertiary/aromatic N) is 4. The lowest BCUT2D eigenvalue weighted by atomic mass is 10.1. The molecular weight excluding hydrogens is 522 g/mol. The summed E-state index contributed by atoms with van der Waals surface area (Å²) in [6, 6.07) is 14.0. The Balaban J connectivity index is 1.54. The van der Waals surface area contributed by atoms with E-state index in [2.05, 4.69) is 50.3 Å². The molecule has 0 aliphatic rings. The number of hydrogen-bond acceptors (Lipinski definition) is 8. The number of ether oxygens (including phenoxy) is 1. The van der Waals surface area contributed by atoms with Crippen molar-refractivity contribution in [1.82, 2.24) is 19.4 Å². The molecule has 10 heteroatoms. The lowest BCUT2D eigenvalue weighted by Gasteiger charge is -2.18. The zero-order chi connectivity index (χ0) is 28.2. The predicted molar refractivity (Wildman–Crippen MR) is 166 cm³/mol. The number of aryl methyl sites for hydroxylation is 1. The lowest BCUT2D eigenvalue weighted by molar-refractivity contribution is -0.111. The highest BCUT2D eigenvalue weighted by Crippen LogP contribution is 2.39. The predicted octanol–water partition coefficient (Wildman–Crippen LogP) is 6.09. The van der Waals surface area contributed by atoms with E-state index in [1.807, 2.05) is 56.9 Å². The topological polar surface area (TPSA) is 96.3 Å². The standard InChI is InChI=1S/C30H33N7O2S/c1-6-27(38)32-23-16-24(26(39-5)17-22(23)31-13-9-14-36(2)3)34-30-33-21-12-15-40-29(21)28(35-30)20-18-37(4)25-11-8-7-10-19(20)25/h6-8,10-12,15-18,31H,1,9,13-14H2,2-5H3,(H,32,38)(H,33,34,35). The van der Waals surface area contributed by atoms with Gasteiger partial charge >= 0.3 is 0 Å². The minimum Gasteiger partial charge on any atom is -0.494 e. The molecule has 2 aromatic carbocycles. The van der Waals surface area contributed by atoms with E-state index in [4.69, 9.17) is 14.7 Å². The molecule has 40 heavy (non-hydrogen) atoms. The molecule has 9 nitrogen and oxygen atoms in total. The molecular formula is C30H33N7O2S. The quantitative estimate of drug-likeness (QED) is 0.134. The third-order valence-electron chi connectivity index (χ3n) is 6.58. The maximum Gasteiger partial charge on any atom is 0.247 e. The summed E-state index contributed by atoms with van der Waals surface area (Å²) in [4.78, 5) is 24.2. The zero-order valence-corrected chi connectivity index (χ0v) is 23.9. The first kappa shape index (κ1) is 27.2. The molecule has 3 aromatic heterocycles. The average molecular weight is 556 g/mol. The number of methoxy groups -OCH3 is 1. The van der Waals surface area contributed by atoms with E-state index in [0.29, 0.717) is 23.1 Å². The SMILES string of the molecule is C=CC(=O)Nc1cc(Nc2nc(-c3cn(C)c4ccccc34)c3sccc3n2)c(OC)cc1NCCCN(C)C. The molecule has 0 saturated heterocycles. The first-order chi connectivity index (χ1) is 19.4. The van der Waals surface area contributed by atoms with Crippen molar-refractivity contribution in [2.24, 2.45) is 7.05 Å². The average Bonchev–Trinajstić information content (AvgIpc) is 3.56. The van der Waals surface area contributed by atoms with Gasteiger partial charge in [0.2, 0.25) is 11.9 Å².